The second-order valence-corrected chi connectivity index (χ2v) is 7.53. The van der Waals surface area contributed by atoms with Gasteiger partial charge in [-0.1, -0.05) is 42.5 Å². The highest BCUT2D eigenvalue weighted by Crippen LogP contribution is 2.28. The first-order valence-corrected chi connectivity index (χ1v) is 9.60. The smallest absolute Gasteiger partial charge is 0.321 e. The molecule has 0 aromatic heterocycles. The van der Waals surface area contributed by atoms with Gasteiger partial charge in [-0.2, -0.15) is 0 Å². The summed E-state index contributed by atoms with van der Waals surface area (Å²) >= 11 is 0. The number of hydrogen-bond donors (Lipinski definition) is 1. The van der Waals surface area contributed by atoms with Crippen molar-refractivity contribution in [2.24, 2.45) is 0 Å². The zero-order valence-corrected chi connectivity index (χ0v) is 15.4. The molecule has 0 bridgehead atoms. The molecule has 2 aromatic carbocycles. The molecule has 0 saturated carbocycles. The number of benzene rings is 2. The number of urea groups is 1. The number of carbonyl (C=O) groups excluding carboxylic acids is 1. The normalized spacial score (nSPS) is 20.6. The maximum atomic E-state index is 12.6. The van der Waals surface area contributed by atoms with Crippen LogP contribution >= 0.6 is 0 Å². The van der Waals surface area contributed by atoms with E-state index in [0.29, 0.717) is 6.04 Å². The second kappa shape index (κ2) is 7.50. The summed E-state index contributed by atoms with van der Waals surface area (Å²) in [6.07, 6.45) is 4.51. The molecule has 1 heterocycles. The highest BCUT2D eigenvalue weighted by Gasteiger charge is 2.32. The van der Waals surface area contributed by atoms with Crippen LogP contribution in [0.5, 0.6) is 0 Å². The predicted molar refractivity (Wildman–Crippen MR) is 105 cm³/mol. The van der Waals surface area contributed by atoms with Crippen molar-refractivity contribution in [3.63, 3.8) is 0 Å². The van der Waals surface area contributed by atoms with Crippen LogP contribution in [-0.2, 0) is 12.8 Å². The molecule has 1 N–H and O–H groups in total. The maximum absolute atomic E-state index is 12.6. The van der Waals surface area contributed by atoms with E-state index < -0.39 is 0 Å². The number of hydrogen-bond acceptors (Lipinski definition) is 2. The van der Waals surface area contributed by atoms with Crippen LogP contribution in [0.15, 0.2) is 54.6 Å². The average Bonchev–Trinajstić information content (AvgIpc) is 3.12. The number of likely N-dealkylation sites (N-methyl/N-ethyl adjacent to an activating group) is 1. The molecule has 4 heteroatoms. The van der Waals surface area contributed by atoms with Crippen molar-refractivity contribution in [1.29, 1.82) is 0 Å². The third-order valence-electron chi connectivity index (χ3n) is 5.87. The fourth-order valence-electron chi connectivity index (χ4n) is 4.32. The fourth-order valence-corrected chi connectivity index (χ4v) is 4.32. The minimum absolute atomic E-state index is 0.0160. The highest BCUT2D eigenvalue weighted by atomic mass is 16.2. The Morgan fingerprint density at radius 3 is 2.38 bits per heavy atom. The van der Waals surface area contributed by atoms with Crippen molar-refractivity contribution < 1.29 is 4.79 Å². The van der Waals surface area contributed by atoms with E-state index in [1.807, 2.05) is 42.3 Å². The number of anilines is 1. The average molecular weight is 349 g/mol. The minimum atomic E-state index is -0.0160. The Labute approximate surface area is 155 Å². The number of carbonyl (C=O) groups is 1. The lowest BCUT2D eigenvalue weighted by molar-refractivity contribution is 0.101. The molecule has 4 nitrogen and oxygen atoms in total. The van der Waals surface area contributed by atoms with Gasteiger partial charge in [0.05, 0.1) is 0 Å². The van der Waals surface area contributed by atoms with Crippen LogP contribution in [0.1, 0.15) is 24.0 Å². The van der Waals surface area contributed by atoms with Crippen molar-refractivity contribution >= 4 is 11.7 Å². The molecule has 1 fully saturated rings. The lowest BCUT2D eigenvalue weighted by Gasteiger charge is -2.40. The van der Waals surface area contributed by atoms with E-state index in [1.165, 1.54) is 11.1 Å². The third-order valence-corrected chi connectivity index (χ3v) is 5.87. The van der Waals surface area contributed by atoms with E-state index in [9.17, 15) is 4.79 Å². The predicted octanol–water partition coefficient (Wildman–Crippen LogP) is 3.78. The van der Waals surface area contributed by atoms with Crippen LogP contribution in [0.4, 0.5) is 10.5 Å². The van der Waals surface area contributed by atoms with Gasteiger partial charge in [0.15, 0.2) is 0 Å². The number of likely N-dealkylation sites (tertiary alicyclic amines) is 1. The molecule has 4 rings (SSSR count). The van der Waals surface area contributed by atoms with Crippen LogP contribution in [0.3, 0.4) is 0 Å². The van der Waals surface area contributed by atoms with Crippen molar-refractivity contribution in [1.82, 2.24) is 9.80 Å². The summed E-state index contributed by atoms with van der Waals surface area (Å²) in [7, 11) is 1.93. The topological polar surface area (TPSA) is 35.6 Å². The van der Waals surface area contributed by atoms with Gasteiger partial charge in [-0.15, -0.1) is 0 Å². The Morgan fingerprint density at radius 2 is 1.69 bits per heavy atom. The lowest BCUT2D eigenvalue weighted by Crippen LogP contribution is -2.52. The molecule has 0 spiro atoms. The third kappa shape index (κ3) is 3.61. The van der Waals surface area contributed by atoms with Crippen LogP contribution in [-0.4, -0.2) is 48.1 Å². The summed E-state index contributed by atoms with van der Waals surface area (Å²) in [5.41, 5.74) is 3.84. The molecular weight excluding hydrogens is 322 g/mol. The van der Waals surface area contributed by atoms with E-state index in [4.69, 9.17) is 0 Å². The lowest BCUT2D eigenvalue weighted by atomic mass is 10.0. The fraction of sp³-hybridized carbons (Fsp3) is 0.409. The Hall–Kier alpha value is -2.33. The van der Waals surface area contributed by atoms with Crippen LogP contribution in [0.2, 0.25) is 0 Å². The van der Waals surface area contributed by atoms with E-state index in [0.717, 1.165) is 44.5 Å². The Balaban J connectivity index is 1.37. The Bertz CT molecular complexity index is 736. The number of amides is 2. The minimum Gasteiger partial charge on any atom is -0.323 e. The van der Waals surface area contributed by atoms with Gasteiger partial charge < -0.3 is 10.2 Å². The number of para-hydroxylation sites is 1. The first-order chi connectivity index (χ1) is 12.7. The SMILES string of the molecule is CN(C(=O)Nc1ccccc1)C1CCCN(C2Cc3ccccc3C2)C1. The number of piperidine rings is 1. The first-order valence-electron chi connectivity index (χ1n) is 9.60. The van der Waals surface area contributed by atoms with Gasteiger partial charge in [-0.3, -0.25) is 4.90 Å². The molecule has 1 aliphatic carbocycles. The van der Waals surface area contributed by atoms with Gasteiger partial charge in [0.25, 0.3) is 0 Å². The van der Waals surface area contributed by atoms with Gasteiger partial charge in [0.2, 0.25) is 0 Å². The summed E-state index contributed by atoms with van der Waals surface area (Å²) in [6, 6.07) is 19.3. The van der Waals surface area contributed by atoms with Crippen LogP contribution in [0.25, 0.3) is 0 Å². The first kappa shape index (κ1) is 17.1. The highest BCUT2D eigenvalue weighted by molar-refractivity contribution is 5.89. The maximum Gasteiger partial charge on any atom is 0.321 e. The molecule has 136 valence electrons. The summed E-state index contributed by atoms with van der Waals surface area (Å²) in [6.45, 7) is 2.11. The molecule has 1 atom stereocenters. The van der Waals surface area contributed by atoms with Crippen molar-refractivity contribution in [2.75, 3.05) is 25.5 Å². The number of rotatable bonds is 3. The van der Waals surface area contributed by atoms with E-state index >= 15 is 0 Å². The number of fused-ring (bicyclic) bond motifs is 1. The Morgan fingerprint density at radius 1 is 1.04 bits per heavy atom. The Kier molecular flexibility index (Phi) is 4.93. The monoisotopic (exact) mass is 349 g/mol. The van der Waals surface area contributed by atoms with Gasteiger partial charge in [0.1, 0.15) is 0 Å². The molecule has 1 unspecified atom stereocenters. The summed E-state index contributed by atoms with van der Waals surface area (Å²) < 4.78 is 0. The van der Waals surface area contributed by atoms with E-state index in [-0.39, 0.29) is 12.1 Å². The summed E-state index contributed by atoms with van der Waals surface area (Å²) in [5.74, 6) is 0. The molecule has 1 saturated heterocycles. The van der Waals surface area contributed by atoms with Crippen LogP contribution < -0.4 is 5.32 Å². The van der Waals surface area contributed by atoms with Gasteiger partial charge in [-0.25, -0.2) is 4.79 Å². The number of nitrogens with one attached hydrogen (secondary N) is 1. The molecule has 2 aliphatic rings. The zero-order valence-electron chi connectivity index (χ0n) is 15.4. The molecule has 2 amide bonds. The number of nitrogens with zero attached hydrogens (tertiary/aromatic N) is 2. The second-order valence-electron chi connectivity index (χ2n) is 7.53. The van der Waals surface area contributed by atoms with Crippen molar-refractivity contribution in [3.8, 4) is 0 Å². The molecule has 0 radical (unpaired) electrons. The van der Waals surface area contributed by atoms with Gasteiger partial charge in [-0.05, 0) is 55.5 Å². The summed E-state index contributed by atoms with van der Waals surface area (Å²) in [5, 5.41) is 3.01. The largest absolute Gasteiger partial charge is 0.323 e. The van der Waals surface area contributed by atoms with Crippen molar-refractivity contribution in [3.05, 3.63) is 65.7 Å². The molecule has 1 aliphatic heterocycles. The molecular formula is C22H27N3O. The van der Waals surface area contributed by atoms with Gasteiger partial charge in [0, 0.05) is 31.4 Å². The van der Waals surface area contributed by atoms with Gasteiger partial charge >= 0.3 is 6.03 Å². The standard InChI is InChI=1S/C22H27N3O/c1-24(22(26)23-19-10-3-2-4-11-19)20-12-7-13-25(16-20)21-14-17-8-5-6-9-18(17)15-21/h2-6,8-11,20-21H,7,12-16H2,1H3,(H,23,26). The van der Waals surface area contributed by atoms with Crippen molar-refractivity contribution in [2.45, 2.75) is 37.8 Å². The molecule has 26 heavy (non-hydrogen) atoms. The van der Waals surface area contributed by atoms with E-state index in [2.05, 4.69) is 34.5 Å². The zero-order chi connectivity index (χ0) is 17.9. The van der Waals surface area contributed by atoms with Crippen LogP contribution in [0, 0.1) is 0 Å². The summed E-state index contributed by atoms with van der Waals surface area (Å²) in [4.78, 5) is 17.1. The molecule has 2 aromatic rings. The van der Waals surface area contributed by atoms with E-state index in [1.54, 1.807) is 0 Å². The quantitative estimate of drug-likeness (QED) is 0.915.